The minimum Gasteiger partial charge on any atom is -0.507 e. The highest BCUT2D eigenvalue weighted by Gasteiger charge is 2.95. The summed E-state index contributed by atoms with van der Waals surface area (Å²) in [5, 5.41) is 55.9. The summed E-state index contributed by atoms with van der Waals surface area (Å²) in [5.41, 5.74) is -8.88. The van der Waals surface area contributed by atoms with Crippen LogP contribution in [0.1, 0.15) is 230 Å². The van der Waals surface area contributed by atoms with E-state index in [1.54, 1.807) is 73.4 Å². The Balaban J connectivity index is 1.42. The first-order valence-corrected chi connectivity index (χ1v) is 32.7. The van der Waals surface area contributed by atoms with Crippen molar-refractivity contribution in [3.05, 3.63) is 93.0 Å². The van der Waals surface area contributed by atoms with Gasteiger partial charge in [0, 0.05) is 128 Å². The first-order chi connectivity index (χ1) is 42.3. The van der Waals surface area contributed by atoms with Crippen LogP contribution in [-0.2, 0) is 40.8 Å². The highest BCUT2D eigenvalue weighted by Crippen LogP contribution is 2.96. The van der Waals surface area contributed by atoms with Gasteiger partial charge in [0.25, 0.3) is 0 Å². The van der Waals surface area contributed by atoms with Crippen LogP contribution in [0.4, 0.5) is 0 Å². The summed E-state index contributed by atoms with van der Waals surface area (Å²) in [4.78, 5) is 81.6. The number of carbonyl (C=O) groups is 4. The van der Waals surface area contributed by atoms with Crippen LogP contribution in [0, 0.1) is 27.6 Å². The molecule has 10 unspecified atom stereocenters. The Bertz CT molecular complexity index is 3720. The van der Waals surface area contributed by atoms with Crippen LogP contribution in [0.3, 0.4) is 0 Å². The smallest absolute Gasteiger partial charge is 0.311 e. The van der Waals surface area contributed by atoms with Gasteiger partial charge in [0.15, 0.2) is 0 Å². The third-order valence-electron chi connectivity index (χ3n) is 24.0. The Hall–Kier alpha value is -7.36. The summed E-state index contributed by atoms with van der Waals surface area (Å²) >= 11 is 0. The molecular formula is C73H88N4O12. The summed E-state index contributed by atoms with van der Waals surface area (Å²) < 4.78 is 25.9. The van der Waals surface area contributed by atoms with E-state index in [1.165, 1.54) is 0 Å². The van der Waals surface area contributed by atoms with Gasteiger partial charge >= 0.3 is 23.9 Å². The standard InChI is InChI=1S/C73H88N4O12/c1-12-18-54-53(13-2)74-37-41-29-46-34-50(62(41)83)67(7,8)73-68(9,10)51-35-47(88-60(81)24-28-71(73,15-4)27-23-59(80)87-46)31-43(63(51)84)39-77-56-20-17-16-19-55(56)76-38-42-30-45-33-49(61(42)82)66(5,6)72(73)65-69(72,11)52-36-48(32-44(40-75-54)64(52)85)89-58(79)22-26-70(65,14-3)25-21-57(78)86-45/h29-40,53-56,65,82-85H,12-28H2,1-11H3. The molecule has 12 rings (SSSR count). The van der Waals surface area contributed by atoms with E-state index in [1.807, 2.05) is 6.92 Å². The molecule has 89 heavy (non-hydrogen) atoms. The van der Waals surface area contributed by atoms with Gasteiger partial charge in [0.2, 0.25) is 0 Å². The second-order valence-electron chi connectivity index (χ2n) is 28.8. The third-order valence-corrected chi connectivity index (χ3v) is 24.0. The fourth-order valence-corrected chi connectivity index (χ4v) is 20.7. The Labute approximate surface area is 522 Å². The maximum Gasteiger partial charge on any atom is 0.311 e. The Morgan fingerprint density at radius 2 is 0.831 bits per heavy atom. The highest BCUT2D eigenvalue weighted by atomic mass is 16.5. The van der Waals surface area contributed by atoms with Crippen molar-refractivity contribution in [1.82, 2.24) is 0 Å². The molecule has 2 aliphatic carbocycles. The first-order valence-electron chi connectivity index (χ1n) is 32.7. The van der Waals surface area contributed by atoms with E-state index in [9.17, 15) is 25.2 Å². The van der Waals surface area contributed by atoms with E-state index in [-0.39, 0.29) is 121 Å². The number of phenolic OH excluding ortho intramolecular Hbond substituents is 4. The van der Waals surface area contributed by atoms with Crippen molar-refractivity contribution in [2.24, 2.45) is 47.5 Å². The minimum atomic E-state index is -1.67. The predicted molar refractivity (Wildman–Crippen MR) is 341 cm³/mol. The van der Waals surface area contributed by atoms with Crippen molar-refractivity contribution in [1.29, 1.82) is 0 Å². The summed E-state index contributed by atoms with van der Waals surface area (Å²) in [6.07, 6.45) is 12.3. The number of fused-ring (bicyclic) bond motifs is 9. The molecule has 472 valence electrons. The van der Waals surface area contributed by atoms with Crippen LogP contribution < -0.4 is 18.9 Å². The summed E-state index contributed by atoms with van der Waals surface area (Å²) in [6, 6.07) is 12.2. The molecule has 14 bridgehead atoms. The molecule has 0 amide bonds. The van der Waals surface area contributed by atoms with Crippen LogP contribution in [0.25, 0.3) is 0 Å². The van der Waals surface area contributed by atoms with Crippen LogP contribution in [0.15, 0.2) is 68.5 Å². The highest BCUT2D eigenvalue weighted by molar-refractivity contribution is 5.91. The predicted octanol–water partition coefficient (Wildman–Crippen LogP) is 13.9. The number of hydrogen-bond acceptors (Lipinski definition) is 16. The zero-order valence-corrected chi connectivity index (χ0v) is 53.7. The number of hydrogen-bond donors (Lipinski definition) is 4. The molecule has 2 saturated carbocycles. The van der Waals surface area contributed by atoms with Crippen LogP contribution >= 0.6 is 0 Å². The van der Waals surface area contributed by atoms with Gasteiger partial charge in [0.1, 0.15) is 46.0 Å². The number of esters is 4. The average Bonchev–Trinajstić information content (AvgIpc) is 1.43. The lowest BCUT2D eigenvalue weighted by Gasteiger charge is -2.74. The van der Waals surface area contributed by atoms with E-state index in [2.05, 4.69) is 69.2 Å². The van der Waals surface area contributed by atoms with Gasteiger partial charge in [-0.15, -0.1) is 0 Å². The van der Waals surface area contributed by atoms with Crippen LogP contribution in [-0.4, -0.2) is 93.3 Å². The van der Waals surface area contributed by atoms with Crippen LogP contribution in [0.5, 0.6) is 46.0 Å². The SMILES string of the molecule is CCCC1N=Cc2cc3cc(c2O)C2(C)C4C(CC)(CCC(=O)Oc5cc6c(O)c(c5)C(C)(C)C42C24C(CC)(CCC(=O)Oc5cc(c(O)c(c5)C2(C)C)C=NC1CC)CCC(=O)Oc1cc(c(O)c(c1)C4(C)C)C=NC1CCCCC1N=C6)CCC(=O)O3. The molecule has 0 saturated heterocycles. The minimum absolute atomic E-state index is 0.0769. The number of carbonyl (C=O) groups excluding carboxylic acids is 4. The van der Waals surface area contributed by atoms with Crippen molar-refractivity contribution >= 4 is 48.7 Å². The molecule has 16 heteroatoms. The van der Waals surface area contributed by atoms with E-state index >= 15 is 14.4 Å². The maximum absolute atomic E-state index is 15.3. The van der Waals surface area contributed by atoms with Gasteiger partial charge in [-0.05, 0) is 123 Å². The lowest BCUT2D eigenvalue weighted by Crippen LogP contribution is -2.72. The second kappa shape index (κ2) is 22.0. The molecule has 4 N–H and O–H groups in total. The van der Waals surface area contributed by atoms with Gasteiger partial charge in [0.05, 0.1) is 24.2 Å². The number of nitrogens with zero attached hydrogens (tertiary/aromatic N) is 4. The zero-order valence-electron chi connectivity index (χ0n) is 53.7. The Morgan fingerprint density at radius 1 is 0.461 bits per heavy atom. The molecule has 6 heterocycles. The van der Waals surface area contributed by atoms with Crippen molar-refractivity contribution in [2.45, 2.75) is 231 Å². The number of aromatic hydroxyl groups is 4. The van der Waals surface area contributed by atoms with Crippen LogP contribution in [0.2, 0.25) is 0 Å². The number of aliphatic imine (C=N–C) groups is 4. The molecule has 4 aromatic rings. The third kappa shape index (κ3) is 8.91. The number of phenols is 4. The Kier molecular flexibility index (Phi) is 15.3. The first kappa shape index (κ1) is 61.9. The van der Waals surface area contributed by atoms with Crippen molar-refractivity contribution in [3.8, 4) is 46.0 Å². The molecule has 0 aromatic heterocycles. The zero-order chi connectivity index (χ0) is 63.6. The lowest BCUT2D eigenvalue weighted by atomic mass is 9.29. The molecule has 4 aromatic carbocycles. The quantitative estimate of drug-likeness (QED) is 0.108. The molecule has 6 aliphatic heterocycles. The molecular weight excluding hydrogens is 1120 g/mol. The molecule has 2 fully saturated rings. The monoisotopic (exact) mass is 1210 g/mol. The molecule has 10 atom stereocenters. The fraction of sp³-hybridized carbons (Fsp3) is 0.562. The normalized spacial score (nSPS) is 32.3. The average molecular weight is 1210 g/mol. The Morgan fingerprint density at radius 3 is 1.22 bits per heavy atom. The van der Waals surface area contributed by atoms with E-state index in [0.29, 0.717) is 71.0 Å². The van der Waals surface area contributed by atoms with Gasteiger partial charge in [-0.3, -0.25) is 39.1 Å². The summed E-state index contributed by atoms with van der Waals surface area (Å²) in [6.45, 7) is 23.2. The second-order valence-corrected chi connectivity index (χ2v) is 28.8. The molecule has 2 spiro atoms. The lowest BCUT2D eigenvalue weighted by molar-refractivity contribution is -0.201. The number of benzene rings is 4. The van der Waals surface area contributed by atoms with E-state index in [0.717, 1.165) is 19.3 Å². The van der Waals surface area contributed by atoms with Crippen molar-refractivity contribution in [3.63, 3.8) is 0 Å². The molecule has 0 radical (unpaired) electrons. The number of ether oxygens (including phenoxy) is 4. The van der Waals surface area contributed by atoms with Crippen molar-refractivity contribution < 1.29 is 58.6 Å². The fourth-order valence-electron chi connectivity index (χ4n) is 20.7. The molecule has 16 nitrogen and oxygen atoms in total. The van der Waals surface area contributed by atoms with E-state index in [4.69, 9.17) is 38.9 Å². The summed E-state index contributed by atoms with van der Waals surface area (Å²) in [5.74, 6) is -2.74. The largest absolute Gasteiger partial charge is 0.507 e. The van der Waals surface area contributed by atoms with Gasteiger partial charge < -0.3 is 39.4 Å². The van der Waals surface area contributed by atoms with Gasteiger partial charge in [-0.1, -0.05) is 102 Å². The van der Waals surface area contributed by atoms with Gasteiger partial charge in [-0.2, -0.15) is 0 Å². The topological polar surface area (TPSA) is 236 Å². The van der Waals surface area contributed by atoms with Gasteiger partial charge in [-0.25, -0.2) is 0 Å². The molecule has 8 aliphatic rings. The number of rotatable bonds is 5. The van der Waals surface area contributed by atoms with Crippen molar-refractivity contribution in [2.75, 3.05) is 0 Å². The van der Waals surface area contributed by atoms with E-state index < -0.39 is 85.2 Å². The summed E-state index contributed by atoms with van der Waals surface area (Å²) in [7, 11) is 0. The maximum atomic E-state index is 15.3.